The number of Topliss-reactive ketones (excluding diaryl/α,β-unsaturated/α-hetero) is 1. The molecule has 9 nitrogen and oxygen atoms in total. The minimum atomic E-state index is -1.85. The van der Waals surface area contributed by atoms with Crippen LogP contribution in [0.4, 0.5) is 0 Å². The number of hydrogen-bond donors (Lipinski definition) is 4. The van der Waals surface area contributed by atoms with Gasteiger partial charge in [-0.2, -0.15) is 5.10 Å². The van der Waals surface area contributed by atoms with Crippen LogP contribution >= 0.6 is 0 Å². The second-order valence-electron chi connectivity index (χ2n) is 6.73. The number of rotatable bonds is 5. The Balaban J connectivity index is 1.63. The number of aromatic amines is 1. The lowest BCUT2D eigenvalue weighted by Crippen LogP contribution is -2.44. The maximum Gasteiger partial charge on any atom is 0.272 e. The molecule has 1 amide bonds. The van der Waals surface area contributed by atoms with Crippen LogP contribution in [-0.2, 0) is 16.1 Å². The van der Waals surface area contributed by atoms with Gasteiger partial charge in [-0.05, 0) is 36.8 Å². The van der Waals surface area contributed by atoms with Gasteiger partial charge in [-0.1, -0.05) is 12.1 Å². The van der Waals surface area contributed by atoms with Gasteiger partial charge < -0.3 is 20.3 Å². The molecular weight excluding hydrogens is 378 g/mol. The topological polar surface area (TPSA) is 142 Å². The molecular formula is C20H17N3O6. The summed E-state index contributed by atoms with van der Waals surface area (Å²) < 4.78 is 5.89. The maximum absolute atomic E-state index is 12.1. The van der Waals surface area contributed by atoms with Gasteiger partial charge in [-0.3, -0.25) is 14.4 Å². The summed E-state index contributed by atoms with van der Waals surface area (Å²) >= 11 is 0. The largest absolute Gasteiger partial charge is 0.456 e. The van der Waals surface area contributed by atoms with E-state index in [2.05, 4.69) is 15.5 Å². The summed E-state index contributed by atoms with van der Waals surface area (Å²) in [5.41, 5.74) is 1.54. The Hall–Kier alpha value is -3.56. The molecule has 0 fully saturated rings. The van der Waals surface area contributed by atoms with Crippen LogP contribution in [0.3, 0.4) is 0 Å². The van der Waals surface area contributed by atoms with Crippen molar-refractivity contribution >= 4 is 22.5 Å². The van der Waals surface area contributed by atoms with Gasteiger partial charge in [0.2, 0.25) is 0 Å². The minimum Gasteiger partial charge on any atom is -0.456 e. The molecule has 0 saturated carbocycles. The van der Waals surface area contributed by atoms with E-state index in [0.29, 0.717) is 39.1 Å². The van der Waals surface area contributed by atoms with E-state index in [4.69, 9.17) is 4.74 Å². The van der Waals surface area contributed by atoms with Crippen LogP contribution in [-0.4, -0.2) is 44.3 Å². The number of aromatic nitrogens is 2. The predicted molar refractivity (Wildman–Crippen MR) is 102 cm³/mol. The maximum atomic E-state index is 12.1. The Morgan fingerprint density at radius 1 is 1.17 bits per heavy atom. The summed E-state index contributed by atoms with van der Waals surface area (Å²) in [6, 6.07) is 10.4. The molecule has 1 aliphatic heterocycles. The highest BCUT2D eigenvalue weighted by atomic mass is 16.5. The van der Waals surface area contributed by atoms with E-state index in [1.165, 1.54) is 0 Å². The van der Waals surface area contributed by atoms with Crippen LogP contribution in [0.1, 0.15) is 12.5 Å². The van der Waals surface area contributed by atoms with Crippen molar-refractivity contribution < 1.29 is 24.5 Å². The van der Waals surface area contributed by atoms with E-state index in [9.17, 15) is 24.6 Å². The molecule has 1 aliphatic rings. The van der Waals surface area contributed by atoms with Crippen LogP contribution in [0.2, 0.25) is 0 Å². The Morgan fingerprint density at radius 2 is 1.97 bits per heavy atom. The molecule has 0 radical (unpaired) electrons. The number of carbonyl (C=O) groups excluding carboxylic acids is 2. The highest BCUT2D eigenvalue weighted by Gasteiger charge is 2.28. The summed E-state index contributed by atoms with van der Waals surface area (Å²) in [6.07, 6.45) is -3.62. The first-order chi connectivity index (χ1) is 13.9. The Kier molecular flexibility index (Phi) is 4.61. The summed E-state index contributed by atoms with van der Waals surface area (Å²) in [6.45, 7) is 1.13. The molecule has 0 bridgehead atoms. The third-order valence-corrected chi connectivity index (χ3v) is 4.75. The molecule has 9 heteroatoms. The first-order valence-electron chi connectivity index (χ1n) is 8.83. The molecule has 29 heavy (non-hydrogen) atoms. The second-order valence-corrected chi connectivity index (χ2v) is 6.73. The van der Waals surface area contributed by atoms with Crippen molar-refractivity contribution in [2.75, 3.05) is 0 Å². The third-order valence-electron chi connectivity index (χ3n) is 4.75. The number of nitrogens with one attached hydrogen (secondary N) is 2. The molecule has 0 saturated heterocycles. The fourth-order valence-electron chi connectivity index (χ4n) is 3.21. The number of ether oxygens (including phenoxy) is 1. The number of aliphatic hydroxyl groups is 2. The Labute approximate surface area is 163 Å². The fourth-order valence-corrected chi connectivity index (χ4v) is 3.21. The van der Waals surface area contributed by atoms with E-state index in [1.807, 2.05) is 0 Å². The van der Waals surface area contributed by atoms with Crippen LogP contribution in [0, 0.1) is 0 Å². The number of carbonyl (C=O) groups is 2. The number of fused-ring (bicyclic) bond motifs is 2. The fraction of sp³-hybridized carbons (Fsp3) is 0.200. The van der Waals surface area contributed by atoms with E-state index in [-0.39, 0.29) is 12.1 Å². The van der Waals surface area contributed by atoms with Gasteiger partial charge in [-0.25, -0.2) is 5.10 Å². The van der Waals surface area contributed by atoms with Gasteiger partial charge in [0.15, 0.2) is 11.9 Å². The van der Waals surface area contributed by atoms with Crippen molar-refractivity contribution in [3.8, 4) is 22.8 Å². The predicted octanol–water partition coefficient (Wildman–Crippen LogP) is 0.623. The number of amides is 1. The molecule has 0 spiro atoms. The van der Waals surface area contributed by atoms with E-state index in [0.717, 1.165) is 6.92 Å². The number of H-pyrrole nitrogens is 1. The number of aliphatic hydroxyl groups excluding tert-OH is 2. The Morgan fingerprint density at radius 3 is 2.72 bits per heavy atom. The monoisotopic (exact) mass is 395 g/mol. The lowest BCUT2D eigenvalue weighted by molar-refractivity contribution is -0.143. The van der Waals surface area contributed by atoms with Gasteiger partial charge in [0.1, 0.15) is 23.3 Å². The van der Waals surface area contributed by atoms with Crippen LogP contribution in [0.15, 0.2) is 41.2 Å². The molecule has 0 aliphatic carbocycles. The number of ketones is 1. The van der Waals surface area contributed by atoms with Gasteiger partial charge in [0, 0.05) is 12.1 Å². The average Bonchev–Trinajstić information content (AvgIpc) is 2.72. The van der Waals surface area contributed by atoms with E-state index < -0.39 is 23.9 Å². The molecule has 2 unspecified atom stereocenters. The van der Waals surface area contributed by atoms with Crippen LogP contribution < -0.4 is 15.6 Å². The molecule has 148 valence electrons. The lowest BCUT2D eigenvalue weighted by Gasteiger charge is -2.20. The molecule has 2 aromatic carbocycles. The summed E-state index contributed by atoms with van der Waals surface area (Å²) in [4.78, 5) is 35.1. The van der Waals surface area contributed by atoms with E-state index >= 15 is 0 Å². The SMILES string of the molecule is CC(=O)C(O)C(O)C(=O)NCc1ccc2c(c1)-c1n[nH]c(=O)c3cccc(c13)O2. The molecule has 4 rings (SSSR count). The first kappa shape index (κ1) is 18.8. The number of nitrogens with zero attached hydrogens (tertiary/aromatic N) is 1. The van der Waals surface area contributed by atoms with Crippen molar-refractivity contribution in [1.82, 2.24) is 15.5 Å². The smallest absolute Gasteiger partial charge is 0.272 e. The van der Waals surface area contributed by atoms with Gasteiger partial charge in [0.05, 0.1) is 10.8 Å². The van der Waals surface area contributed by atoms with Crippen molar-refractivity contribution in [3.05, 3.63) is 52.3 Å². The molecule has 2 atom stereocenters. The zero-order valence-electron chi connectivity index (χ0n) is 15.3. The van der Waals surface area contributed by atoms with Gasteiger partial charge in [-0.15, -0.1) is 0 Å². The van der Waals surface area contributed by atoms with Crippen LogP contribution in [0.25, 0.3) is 22.0 Å². The van der Waals surface area contributed by atoms with Crippen molar-refractivity contribution in [1.29, 1.82) is 0 Å². The van der Waals surface area contributed by atoms with Crippen molar-refractivity contribution in [3.63, 3.8) is 0 Å². The van der Waals surface area contributed by atoms with Crippen molar-refractivity contribution in [2.45, 2.75) is 25.7 Å². The highest BCUT2D eigenvalue weighted by Crippen LogP contribution is 2.44. The van der Waals surface area contributed by atoms with Gasteiger partial charge in [0.25, 0.3) is 11.5 Å². The highest BCUT2D eigenvalue weighted by molar-refractivity contribution is 6.01. The lowest BCUT2D eigenvalue weighted by atomic mass is 9.99. The zero-order chi connectivity index (χ0) is 20.7. The molecule has 3 aromatic rings. The summed E-state index contributed by atoms with van der Waals surface area (Å²) in [5.74, 6) is -0.486. The Bertz CT molecular complexity index is 1200. The summed E-state index contributed by atoms with van der Waals surface area (Å²) in [5, 5.41) is 29.4. The minimum absolute atomic E-state index is 0.0436. The normalized spacial score (nSPS) is 13.9. The quantitative estimate of drug-likeness (QED) is 0.388. The molecule has 2 heterocycles. The summed E-state index contributed by atoms with van der Waals surface area (Å²) in [7, 11) is 0. The van der Waals surface area contributed by atoms with E-state index in [1.54, 1.807) is 36.4 Å². The number of benzene rings is 2. The molecule has 1 aromatic heterocycles. The van der Waals surface area contributed by atoms with Gasteiger partial charge >= 0.3 is 0 Å². The second kappa shape index (κ2) is 7.12. The first-order valence-corrected chi connectivity index (χ1v) is 8.83. The standard InChI is InChI=1S/C20H17N3O6/c1-9(24)17(25)18(26)20(28)21-8-10-5-6-13-12(7-10)16-15-11(19(27)23-22-16)3-2-4-14(15)29-13/h2-7,17-18,25-26H,8H2,1H3,(H,21,28)(H,23,27). The third kappa shape index (κ3) is 3.26. The molecule has 4 N–H and O–H groups in total. The van der Waals surface area contributed by atoms with Crippen molar-refractivity contribution in [2.24, 2.45) is 0 Å². The van der Waals surface area contributed by atoms with Crippen LogP contribution in [0.5, 0.6) is 11.5 Å². The average molecular weight is 395 g/mol. The zero-order valence-corrected chi connectivity index (χ0v) is 15.3. The number of hydrogen-bond acceptors (Lipinski definition) is 7.